The van der Waals surface area contributed by atoms with Gasteiger partial charge in [0.1, 0.15) is 5.75 Å². The van der Waals surface area contributed by atoms with Crippen LogP contribution in [-0.2, 0) is 14.8 Å². The van der Waals surface area contributed by atoms with Crippen molar-refractivity contribution in [2.75, 3.05) is 39.8 Å². The van der Waals surface area contributed by atoms with Crippen molar-refractivity contribution in [1.29, 1.82) is 0 Å². The number of rotatable bonds is 6. The highest BCUT2D eigenvalue weighted by Crippen LogP contribution is 2.20. The second-order valence-corrected chi connectivity index (χ2v) is 8.97. The Labute approximate surface area is 180 Å². The van der Waals surface area contributed by atoms with E-state index in [1.54, 1.807) is 36.4 Å². The summed E-state index contributed by atoms with van der Waals surface area (Å²) in [6.45, 7) is 0.665. The lowest BCUT2D eigenvalue weighted by atomic mass is 10.2. The summed E-state index contributed by atoms with van der Waals surface area (Å²) in [5, 5.41) is 2.86. The Balaban J connectivity index is 1.53. The van der Waals surface area contributed by atoms with Crippen molar-refractivity contribution in [1.82, 2.24) is 14.5 Å². The molecule has 10 heteroatoms. The molecule has 1 aliphatic rings. The Morgan fingerprint density at radius 3 is 2.27 bits per heavy atom. The van der Waals surface area contributed by atoms with Crippen LogP contribution in [0.5, 0.6) is 5.75 Å². The van der Waals surface area contributed by atoms with E-state index in [0.717, 1.165) is 0 Å². The van der Waals surface area contributed by atoms with Crippen LogP contribution in [0.4, 0.5) is 0 Å². The minimum atomic E-state index is -3.65. The van der Waals surface area contributed by atoms with E-state index < -0.39 is 15.9 Å². The second kappa shape index (κ2) is 9.46. The van der Waals surface area contributed by atoms with Gasteiger partial charge in [0, 0.05) is 26.2 Å². The number of carbonyl (C=O) groups excluding carboxylic acids is 2. The molecule has 0 spiro atoms. The molecule has 8 nitrogen and oxygen atoms in total. The van der Waals surface area contributed by atoms with Crippen molar-refractivity contribution in [3.63, 3.8) is 0 Å². The quantitative estimate of drug-likeness (QED) is 0.719. The van der Waals surface area contributed by atoms with Crippen LogP contribution < -0.4 is 10.1 Å². The Kier molecular flexibility index (Phi) is 6.96. The Morgan fingerprint density at radius 1 is 1.03 bits per heavy atom. The van der Waals surface area contributed by atoms with Crippen LogP contribution in [0.25, 0.3) is 0 Å². The van der Waals surface area contributed by atoms with Crippen LogP contribution in [0.15, 0.2) is 53.4 Å². The van der Waals surface area contributed by atoms with E-state index in [-0.39, 0.29) is 43.5 Å². The van der Waals surface area contributed by atoms with E-state index in [2.05, 4.69) is 5.32 Å². The summed E-state index contributed by atoms with van der Waals surface area (Å²) in [6, 6.07) is 12.7. The van der Waals surface area contributed by atoms with E-state index in [0.29, 0.717) is 16.3 Å². The summed E-state index contributed by atoms with van der Waals surface area (Å²) in [5.41, 5.74) is 0.294. The normalized spacial score (nSPS) is 14.9. The van der Waals surface area contributed by atoms with E-state index in [1.165, 1.54) is 28.4 Å². The molecule has 0 radical (unpaired) electrons. The van der Waals surface area contributed by atoms with Crippen LogP contribution in [-0.4, -0.2) is 69.3 Å². The lowest BCUT2D eigenvalue weighted by molar-refractivity contribution is -0.131. The third-order valence-electron chi connectivity index (χ3n) is 4.81. The van der Waals surface area contributed by atoms with Gasteiger partial charge in [-0.1, -0.05) is 23.7 Å². The first-order valence-electron chi connectivity index (χ1n) is 9.27. The lowest BCUT2D eigenvalue weighted by Gasteiger charge is -2.34. The molecule has 3 rings (SSSR count). The molecule has 2 amide bonds. The standard InChI is InChI=1S/C20H22ClN3O5S/c1-29-15-6-8-16(9-7-15)30(27,28)24-12-10-23(11-13-24)19(25)14-22-20(26)17-4-2-3-5-18(17)21/h2-9H,10-14H2,1H3,(H,22,26). The van der Waals surface area contributed by atoms with Gasteiger partial charge in [-0.15, -0.1) is 0 Å². The fraction of sp³-hybridized carbons (Fsp3) is 0.300. The Hall–Kier alpha value is -2.62. The highest BCUT2D eigenvalue weighted by Gasteiger charge is 2.30. The molecule has 160 valence electrons. The van der Waals surface area contributed by atoms with Gasteiger partial charge in [0.25, 0.3) is 5.91 Å². The summed E-state index contributed by atoms with van der Waals surface area (Å²) in [4.78, 5) is 26.3. The van der Waals surface area contributed by atoms with Gasteiger partial charge in [-0.05, 0) is 36.4 Å². The first kappa shape index (κ1) is 22.1. The average Bonchev–Trinajstić information content (AvgIpc) is 2.77. The predicted molar refractivity (Wildman–Crippen MR) is 112 cm³/mol. The van der Waals surface area contributed by atoms with E-state index in [4.69, 9.17) is 16.3 Å². The van der Waals surface area contributed by atoms with Gasteiger partial charge in [-0.2, -0.15) is 4.31 Å². The number of piperazine rings is 1. The number of nitrogens with one attached hydrogen (secondary N) is 1. The number of nitrogens with zero attached hydrogens (tertiary/aromatic N) is 2. The Morgan fingerprint density at radius 2 is 1.67 bits per heavy atom. The molecule has 0 saturated carbocycles. The number of halogens is 1. The first-order valence-corrected chi connectivity index (χ1v) is 11.1. The van der Waals surface area contributed by atoms with Crippen LogP contribution in [0.3, 0.4) is 0 Å². The number of amides is 2. The minimum Gasteiger partial charge on any atom is -0.497 e. The zero-order valence-electron chi connectivity index (χ0n) is 16.4. The number of sulfonamides is 1. The van der Waals surface area contributed by atoms with Crippen LogP contribution in [0.1, 0.15) is 10.4 Å². The number of hydrogen-bond acceptors (Lipinski definition) is 5. The van der Waals surface area contributed by atoms with Crippen molar-refractivity contribution < 1.29 is 22.7 Å². The fourth-order valence-electron chi connectivity index (χ4n) is 3.08. The summed E-state index contributed by atoms with van der Waals surface area (Å²) in [6.07, 6.45) is 0. The maximum absolute atomic E-state index is 12.8. The van der Waals surface area contributed by atoms with Gasteiger partial charge in [-0.3, -0.25) is 9.59 Å². The molecule has 0 atom stereocenters. The maximum Gasteiger partial charge on any atom is 0.253 e. The third-order valence-corrected chi connectivity index (χ3v) is 7.05. The fourth-order valence-corrected chi connectivity index (χ4v) is 4.73. The van der Waals surface area contributed by atoms with Crippen molar-refractivity contribution >= 4 is 33.4 Å². The molecule has 1 fully saturated rings. The molecule has 1 heterocycles. The largest absolute Gasteiger partial charge is 0.497 e. The molecule has 1 aliphatic heterocycles. The molecular formula is C20H22ClN3O5S. The Bertz CT molecular complexity index is 1020. The van der Waals surface area contributed by atoms with Gasteiger partial charge in [-0.25, -0.2) is 8.42 Å². The molecule has 1 N–H and O–H groups in total. The molecule has 0 aliphatic carbocycles. The van der Waals surface area contributed by atoms with Crippen molar-refractivity contribution in [2.45, 2.75) is 4.90 Å². The highest BCUT2D eigenvalue weighted by molar-refractivity contribution is 7.89. The van der Waals surface area contributed by atoms with Crippen molar-refractivity contribution in [2.24, 2.45) is 0 Å². The number of methoxy groups -OCH3 is 1. The van der Waals surface area contributed by atoms with E-state index in [1.807, 2.05) is 0 Å². The van der Waals surface area contributed by atoms with E-state index >= 15 is 0 Å². The number of benzene rings is 2. The van der Waals surface area contributed by atoms with Crippen LogP contribution >= 0.6 is 11.6 Å². The zero-order chi connectivity index (χ0) is 21.7. The summed E-state index contributed by atoms with van der Waals surface area (Å²) < 4.78 is 32.0. The van der Waals surface area contributed by atoms with E-state index in [9.17, 15) is 18.0 Å². The molecule has 30 heavy (non-hydrogen) atoms. The highest BCUT2D eigenvalue weighted by atomic mass is 35.5. The molecule has 2 aromatic carbocycles. The lowest BCUT2D eigenvalue weighted by Crippen LogP contribution is -2.52. The molecule has 0 bridgehead atoms. The zero-order valence-corrected chi connectivity index (χ0v) is 17.9. The van der Waals surface area contributed by atoms with Crippen LogP contribution in [0.2, 0.25) is 5.02 Å². The summed E-state index contributed by atoms with van der Waals surface area (Å²) in [7, 11) is -2.14. The van der Waals surface area contributed by atoms with Gasteiger partial charge >= 0.3 is 0 Å². The third kappa shape index (κ3) is 4.92. The summed E-state index contributed by atoms with van der Waals surface area (Å²) in [5.74, 6) is -0.144. The molecule has 0 aromatic heterocycles. The predicted octanol–water partition coefficient (Wildman–Crippen LogP) is 1.61. The SMILES string of the molecule is COc1ccc(S(=O)(=O)N2CCN(C(=O)CNC(=O)c3ccccc3Cl)CC2)cc1. The van der Waals surface area contributed by atoms with Gasteiger partial charge in [0.2, 0.25) is 15.9 Å². The first-order chi connectivity index (χ1) is 14.3. The smallest absolute Gasteiger partial charge is 0.253 e. The molecule has 2 aromatic rings. The number of hydrogen-bond donors (Lipinski definition) is 1. The average molecular weight is 452 g/mol. The molecule has 0 unspecified atom stereocenters. The van der Waals surface area contributed by atoms with Crippen molar-refractivity contribution in [3.8, 4) is 5.75 Å². The number of ether oxygens (including phenoxy) is 1. The second-order valence-electron chi connectivity index (χ2n) is 6.62. The minimum absolute atomic E-state index is 0.176. The molecular weight excluding hydrogens is 430 g/mol. The van der Waals surface area contributed by atoms with Gasteiger partial charge in [0.15, 0.2) is 0 Å². The van der Waals surface area contributed by atoms with Crippen molar-refractivity contribution in [3.05, 3.63) is 59.1 Å². The van der Waals surface area contributed by atoms with Gasteiger partial charge in [0.05, 0.1) is 29.1 Å². The number of carbonyl (C=O) groups is 2. The maximum atomic E-state index is 12.8. The topological polar surface area (TPSA) is 96.0 Å². The molecule has 1 saturated heterocycles. The van der Waals surface area contributed by atoms with Crippen LogP contribution in [0, 0.1) is 0 Å². The monoisotopic (exact) mass is 451 g/mol. The van der Waals surface area contributed by atoms with Gasteiger partial charge < -0.3 is 15.0 Å². The summed E-state index contributed by atoms with van der Waals surface area (Å²) >= 11 is 5.98.